The van der Waals surface area contributed by atoms with Crippen molar-refractivity contribution in [2.75, 3.05) is 13.7 Å². The van der Waals surface area contributed by atoms with Gasteiger partial charge in [0.25, 0.3) is 0 Å². The van der Waals surface area contributed by atoms with E-state index in [0.29, 0.717) is 0 Å². The molecule has 9 nitrogen and oxygen atoms in total. The van der Waals surface area contributed by atoms with Crippen LogP contribution in [0.4, 0.5) is 0 Å². The van der Waals surface area contributed by atoms with Gasteiger partial charge in [0.1, 0.15) is 19.3 Å². The van der Waals surface area contributed by atoms with Gasteiger partial charge in [-0.05, 0) is 98.2 Å². The van der Waals surface area contributed by atoms with Gasteiger partial charge < -0.3 is 26.5 Å². The molecule has 0 N–H and O–H groups in total. The molecule has 0 aliphatic carbocycles. The van der Waals surface area contributed by atoms with E-state index in [1.165, 1.54) is 7.11 Å². The summed E-state index contributed by atoms with van der Waals surface area (Å²) in [7, 11) is -13.1. The second-order valence-electron chi connectivity index (χ2n) is 13.7. The Balaban J connectivity index is 6.50. The highest BCUT2D eigenvalue weighted by atomic mass is 31.2. The first kappa shape index (κ1) is 36.5. The Kier molecular flexibility index (Phi) is 14.0. The van der Waals surface area contributed by atoms with Gasteiger partial charge in [0, 0.05) is 0 Å². The van der Waals surface area contributed by atoms with Crippen LogP contribution >= 0.6 is 7.82 Å². The average Bonchev–Trinajstić information content (AvgIpc) is 2.54. The molecule has 0 bridgehead atoms. The highest BCUT2D eigenvalue weighted by Crippen LogP contribution is 2.54. The maximum Gasteiger partial charge on any atom is 0.455 e. The summed E-state index contributed by atoms with van der Waals surface area (Å²) in [6.07, 6.45) is -0.0537. The van der Waals surface area contributed by atoms with Gasteiger partial charge in [-0.2, -0.15) is 0 Å². The molecule has 0 saturated heterocycles. The lowest BCUT2D eigenvalue weighted by Crippen LogP contribution is -2.55. The molecule has 0 aromatic rings. The zero-order chi connectivity index (χ0) is 28.8. The van der Waals surface area contributed by atoms with Gasteiger partial charge in [-0.1, -0.05) is 5.16 Å². The minimum absolute atomic E-state index is 0.0297. The standard InChI is InChI=1S/C21H54NO8PSi5/c1-24-22-17-19(26-32(2,3)4)21(28-34(8,9)10)20(27-33(5,6)7)18-25-31(23,29-35(11,12)13)30-36(14,15)16/h17,19-21H,18H2,1-16H3/t19-,20+,21-/m0/s1. The molecule has 0 amide bonds. The van der Waals surface area contributed by atoms with Crippen molar-refractivity contribution in [2.24, 2.45) is 5.16 Å². The number of hydrogen-bond acceptors (Lipinski definition) is 9. The van der Waals surface area contributed by atoms with Gasteiger partial charge in [0.2, 0.25) is 0 Å². The number of hydrogen-bond donors (Lipinski definition) is 0. The van der Waals surface area contributed by atoms with Crippen LogP contribution in [-0.2, 0) is 35.6 Å². The molecule has 0 aliphatic rings. The van der Waals surface area contributed by atoms with Crippen molar-refractivity contribution in [1.82, 2.24) is 0 Å². The summed E-state index contributed by atoms with van der Waals surface area (Å²) in [6, 6.07) is 0. The van der Waals surface area contributed by atoms with E-state index in [1.807, 2.05) is 39.3 Å². The van der Waals surface area contributed by atoms with E-state index in [1.54, 1.807) is 6.21 Å². The lowest BCUT2D eigenvalue weighted by Gasteiger charge is -2.41. The van der Waals surface area contributed by atoms with Crippen LogP contribution in [0.1, 0.15) is 0 Å². The second-order valence-corrected chi connectivity index (χ2v) is 38.2. The predicted molar refractivity (Wildman–Crippen MR) is 163 cm³/mol. The fourth-order valence-corrected chi connectivity index (χ4v) is 12.9. The number of phosphoric acid groups is 1. The average molecular weight is 620 g/mol. The Bertz CT molecular complexity index is 719. The number of nitrogens with zero attached hydrogens (tertiary/aromatic N) is 1. The van der Waals surface area contributed by atoms with Crippen LogP contribution in [0.2, 0.25) is 98.2 Å². The molecule has 0 rings (SSSR count). The van der Waals surface area contributed by atoms with Gasteiger partial charge in [0.05, 0.1) is 18.9 Å². The van der Waals surface area contributed by atoms with Crippen molar-refractivity contribution in [2.45, 2.75) is 117 Å². The highest BCUT2D eigenvalue weighted by molar-refractivity contribution is 7.52. The minimum Gasteiger partial charge on any atom is -0.410 e. The third-order valence-corrected chi connectivity index (χ3v) is 13.3. The molecule has 0 aromatic heterocycles. The van der Waals surface area contributed by atoms with Crippen molar-refractivity contribution in [3.8, 4) is 0 Å². The van der Waals surface area contributed by atoms with E-state index in [0.717, 1.165) is 0 Å². The quantitative estimate of drug-likeness (QED) is 0.0736. The van der Waals surface area contributed by atoms with E-state index in [9.17, 15) is 4.57 Å². The van der Waals surface area contributed by atoms with Gasteiger partial charge in [-0.15, -0.1) is 0 Å². The molecule has 3 atom stereocenters. The summed E-state index contributed by atoms with van der Waals surface area (Å²) in [4.78, 5) is 4.99. The molecule has 15 heteroatoms. The van der Waals surface area contributed by atoms with Crippen LogP contribution in [0.3, 0.4) is 0 Å². The summed E-state index contributed by atoms with van der Waals surface area (Å²) < 4.78 is 51.7. The van der Waals surface area contributed by atoms with Gasteiger partial charge >= 0.3 is 7.82 Å². The van der Waals surface area contributed by atoms with Crippen LogP contribution in [0, 0.1) is 0 Å². The Morgan fingerprint density at radius 2 is 1.08 bits per heavy atom. The molecule has 0 unspecified atom stereocenters. The maximum atomic E-state index is 13.8. The van der Waals surface area contributed by atoms with Crippen LogP contribution in [0.15, 0.2) is 5.16 Å². The molecule has 0 saturated carbocycles. The molecule has 216 valence electrons. The highest BCUT2D eigenvalue weighted by Gasteiger charge is 2.43. The third kappa shape index (κ3) is 18.7. The third-order valence-electron chi connectivity index (χ3n) is 3.66. The fraction of sp³-hybridized carbons (Fsp3) is 0.952. The molecular weight excluding hydrogens is 566 g/mol. The van der Waals surface area contributed by atoms with Crippen molar-refractivity contribution in [3.05, 3.63) is 0 Å². The zero-order valence-corrected chi connectivity index (χ0v) is 31.6. The smallest absolute Gasteiger partial charge is 0.410 e. The Labute approximate surface area is 226 Å². The van der Waals surface area contributed by atoms with Crippen LogP contribution in [-0.4, -0.2) is 79.8 Å². The molecule has 0 aliphatic heterocycles. The predicted octanol–water partition coefficient (Wildman–Crippen LogP) is 7.11. The van der Waals surface area contributed by atoms with Crippen molar-refractivity contribution >= 4 is 55.6 Å². The summed E-state index contributed by atoms with van der Waals surface area (Å²) in [5.41, 5.74) is 0. The summed E-state index contributed by atoms with van der Waals surface area (Å²) in [5.74, 6) is 0. The van der Waals surface area contributed by atoms with E-state index in [4.69, 9.17) is 31.1 Å². The zero-order valence-electron chi connectivity index (χ0n) is 25.7. The van der Waals surface area contributed by atoms with Crippen LogP contribution in [0.25, 0.3) is 0 Å². The lowest BCUT2D eigenvalue weighted by atomic mass is 10.1. The van der Waals surface area contributed by atoms with E-state index in [-0.39, 0.29) is 6.61 Å². The van der Waals surface area contributed by atoms with Crippen molar-refractivity contribution < 1.29 is 35.6 Å². The first-order chi connectivity index (χ1) is 15.7. The summed E-state index contributed by atoms with van der Waals surface area (Å²) in [6.45, 7) is 30.7. The molecule has 0 aromatic carbocycles. The first-order valence-electron chi connectivity index (χ1n) is 12.5. The van der Waals surface area contributed by atoms with Crippen LogP contribution in [0.5, 0.6) is 0 Å². The largest absolute Gasteiger partial charge is 0.455 e. The summed E-state index contributed by atoms with van der Waals surface area (Å²) >= 11 is 0. The summed E-state index contributed by atoms with van der Waals surface area (Å²) in [5, 5.41) is 4.02. The second kappa shape index (κ2) is 13.7. The van der Waals surface area contributed by atoms with Gasteiger partial charge in [0.15, 0.2) is 41.6 Å². The fourth-order valence-electron chi connectivity index (χ4n) is 3.03. The molecular formula is C21H54NO8PSi5. The Morgan fingerprint density at radius 3 is 1.42 bits per heavy atom. The monoisotopic (exact) mass is 619 g/mol. The SMILES string of the molecule is CON=C[C@H](O[Si](C)(C)C)[C@H](O[Si](C)(C)C)[C@@H](COP(=O)(O[Si](C)(C)C)O[Si](C)(C)C)O[Si](C)(C)C. The lowest BCUT2D eigenvalue weighted by molar-refractivity contribution is -0.0304. The topological polar surface area (TPSA) is 94.0 Å². The maximum absolute atomic E-state index is 13.8. The van der Waals surface area contributed by atoms with E-state index < -0.39 is 67.7 Å². The Hall–Kier alpha value is 0.544. The molecule has 0 heterocycles. The number of oxime groups is 1. The number of rotatable bonds is 17. The molecule has 36 heavy (non-hydrogen) atoms. The van der Waals surface area contributed by atoms with E-state index in [2.05, 4.69) is 64.1 Å². The molecule has 0 radical (unpaired) electrons. The first-order valence-corrected chi connectivity index (χ1v) is 31.0. The van der Waals surface area contributed by atoms with Crippen LogP contribution < -0.4 is 0 Å². The Morgan fingerprint density at radius 1 is 0.667 bits per heavy atom. The van der Waals surface area contributed by atoms with Crippen molar-refractivity contribution in [1.29, 1.82) is 0 Å². The van der Waals surface area contributed by atoms with Crippen molar-refractivity contribution in [3.63, 3.8) is 0 Å². The van der Waals surface area contributed by atoms with E-state index >= 15 is 0 Å². The van der Waals surface area contributed by atoms with Gasteiger partial charge in [-0.25, -0.2) is 4.57 Å². The normalized spacial score (nSPS) is 17.3. The molecule has 0 fully saturated rings. The minimum atomic E-state index is -3.84. The van der Waals surface area contributed by atoms with Gasteiger partial charge in [-0.3, -0.25) is 4.52 Å². The molecule has 0 spiro atoms.